The Morgan fingerprint density at radius 1 is 1.38 bits per heavy atom. The van der Waals surface area contributed by atoms with Crippen LogP contribution in [0.1, 0.15) is 30.0 Å². The second-order valence-corrected chi connectivity index (χ2v) is 4.48. The molecule has 16 heavy (non-hydrogen) atoms. The second kappa shape index (κ2) is 4.93. The maximum absolute atomic E-state index is 13.2. The fourth-order valence-corrected chi connectivity index (χ4v) is 2.30. The molecule has 1 aromatic rings. The Labute approximate surface area is 95.6 Å². The van der Waals surface area contributed by atoms with E-state index in [4.69, 9.17) is 10.5 Å². The van der Waals surface area contributed by atoms with Crippen LogP contribution in [0.3, 0.4) is 0 Å². The van der Waals surface area contributed by atoms with E-state index in [1.807, 2.05) is 6.92 Å². The van der Waals surface area contributed by atoms with E-state index in [1.165, 1.54) is 6.07 Å². The topological polar surface area (TPSA) is 35.2 Å². The summed E-state index contributed by atoms with van der Waals surface area (Å²) in [4.78, 5) is 0. The molecule has 1 aromatic carbocycles. The summed E-state index contributed by atoms with van der Waals surface area (Å²) in [5.74, 6) is 0.206. The third-order valence-corrected chi connectivity index (χ3v) is 3.37. The van der Waals surface area contributed by atoms with Crippen molar-refractivity contribution in [2.45, 2.75) is 25.8 Å². The Morgan fingerprint density at radius 3 is 2.75 bits per heavy atom. The molecule has 0 unspecified atom stereocenters. The standard InChI is InChI=1S/C13H18FNO/c1-9-2-3-11(14)8-12(9)13(15)10-4-6-16-7-5-10/h2-3,8,10,13H,4-7,15H2,1H3/t13-/m0/s1. The SMILES string of the molecule is Cc1ccc(F)cc1[C@@H](N)C1CCOCC1. The van der Waals surface area contributed by atoms with E-state index in [2.05, 4.69) is 0 Å². The van der Waals surface area contributed by atoms with Crippen LogP contribution in [0.25, 0.3) is 0 Å². The van der Waals surface area contributed by atoms with Crippen molar-refractivity contribution in [3.05, 3.63) is 35.1 Å². The molecule has 1 atom stereocenters. The average Bonchev–Trinajstić information content (AvgIpc) is 2.32. The van der Waals surface area contributed by atoms with E-state index in [9.17, 15) is 4.39 Å². The van der Waals surface area contributed by atoms with Crippen LogP contribution in [0.2, 0.25) is 0 Å². The quantitative estimate of drug-likeness (QED) is 0.836. The molecule has 2 N–H and O–H groups in total. The van der Waals surface area contributed by atoms with Gasteiger partial charge in [-0.25, -0.2) is 4.39 Å². The number of hydrogen-bond acceptors (Lipinski definition) is 2. The maximum atomic E-state index is 13.2. The fraction of sp³-hybridized carbons (Fsp3) is 0.538. The van der Waals surface area contributed by atoms with Crippen molar-refractivity contribution in [2.24, 2.45) is 11.7 Å². The lowest BCUT2D eigenvalue weighted by Gasteiger charge is -2.28. The van der Waals surface area contributed by atoms with Gasteiger partial charge in [0, 0.05) is 19.3 Å². The highest BCUT2D eigenvalue weighted by Gasteiger charge is 2.23. The van der Waals surface area contributed by atoms with E-state index in [0.717, 1.165) is 37.2 Å². The number of rotatable bonds is 2. The first-order valence-corrected chi connectivity index (χ1v) is 5.78. The third-order valence-electron chi connectivity index (χ3n) is 3.37. The van der Waals surface area contributed by atoms with Crippen molar-refractivity contribution in [3.8, 4) is 0 Å². The zero-order chi connectivity index (χ0) is 11.5. The first-order chi connectivity index (χ1) is 7.68. The van der Waals surface area contributed by atoms with Gasteiger partial charge in [0.2, 0.25) is 0 Å². The highest BCUT2D eigenvalue weighted by atomic mass is 19.1. The summed E-state index contributed by atoms with van der Waals surface area (Å²) in [6.45, 7) is 3.52. The molecular formula is C13H18FNO. The molecule has 88 valence electrons. The van der Waals surface area contributed by atoms with Crippen LogP contribution in [0.15, 0.2) is 18.2 Å². The summed E-state index contributed by atoms with van der Waals surface area (Å²) >= 11 is 0. The number of ether oxygens (including phenoxy) is 1. The van der Waals surface area contributed by atoms with Crippen LogP contribution in [-0.2, 0) is 4.74 Å². The van der Waals surface area contributed by atoms with E-state index >= 15 is 0 Å². The molecule has 0 spiro atoms. The van der Waals surface area contributed by atoms with Crippen molar-refractivity contribution in [3.63, 3.8) is 0 Å². The molecule has 1 fully saturated rings. The van der Waals surface area contributed by atoms with Gasteiger partial charge in [-0.2, -0.15) is 0 Å². The minimum absolute atomic E-state index is 0.0698. The van der Waals surface area contributed by atoms with Crippen molar-refractivity contribution >= 4 is 0 Å². The lowest BCUT2D eigenvalue weighted by Crippen LogP contribution is -2.28. The van der Waals surface area contributed by atoms with Gasteiger partial charge in [-0.05, 0) is 48.9 Å². The van der Waals surface area contributed by atoms with Crippen LogP contribution in [-0.4, -0.2) is 13.2 Å². The molecule has 0 bridgehead atoms. The Hall–Kier alpha value is -0.930. The number of benzene rings is 1. The summed E-state index contributed by atoms with van der Waals surface area (Å²) in [7, 11) is 0. The van der Waals surface area contributed by atoms with E-state index in [0.29, 0.717) is 5.92 Å². The lowest BCUT2D eigenvalue weighted by molar-refractivity contribution is 0.0583. The molecule has 2 nitrogen and oxygen atoms in total. The summed E-state index contributed by atoms with van der Waals surface area (Å²) in [6, 6.07) is 4.77. The van der Waals surface area contributed by atoms with Crippen molar-refractivity contribution in [1.82, 2.24) is 0 Å². The van der Waals surface area contributed by atoms with Gasteiger partial charge in [-0.15, -0.1) is 0 Å². The summed E-state index contributed by atoms with van der Waals surface area (Å²) in [5.41, 5.74) is 8.22. The molecule has 0 saturated carbocycles. The summed E-state index contributed by atoms with van der Waals surface area (Å²) in [5, 5.41) is 0. The monoisotopic (exact) mass is 223 g/mol. The van der Waals surface area contributed by atoms with Gasteiger partial charge in [-0.1, -0.05) is 6.07 Å². The fourth-order valence-electron chi connectivity index (χ4n) is 2.30. The van der Waals surface area contributed by atoms with Gasteiger partial charge < -0.3 is 10.5 Å². The first kappa shape index (κ1) is 11.6. The van der Waals surface area contributed by atoms with Gasteiger partial charge >= 0.3 is 0 Å². The van der Waals surface area contributed by atoms with Crippen LogP contribution >= 0.6 is 0 Å². The van der Waals surface area contributed by atoms with Crippen LogP contribution in [0.4, 0.5) is 4.39 Å². The molecule has 1 aliphatic heterocycles. The summed E-state index contributed by atoms with van der Waals surface area (Å²) in [6.07, 6.45) is 1.94. The molecular weight excluding hydrogens is 205 g/mol. The highest BCUT2D eigenvalue weighted by molar-refractivity contribution is 5.29. The maximum Gasteiger partial charge on any atom is 0.123 e. The Balaban J connectivity index is 2.18. The van der Waals surface area contributed by atoms with Gasteiger partial charge in [-0.3, -0.25) is 0 Å². The molecule has 0 aliphatic carbocycles. The molecule has 1 aliphatic rings. The van der Waals surface area contributed by atoms with E-state index < -0.39 is 0 Å². The van der Waals surface area contributed by atoms with E-state index in [-0.39, 0.29) is 11.9 Å². The van der Waals surface area contributed by atoms with Crippen molar-refractivity contribution in [1.29, 1.82) is 0 Å². The van der Waals surface area contributed by atoms with Crippen LogP contribution in [0, 0.1) is 18.7 Å². The molecule has 0 amide bonds. The molecule has 1 saturated heterocycles. The average molecular weight is 223 g/mol. The molecule has 0 radical (unpaired) electrons. The lowest BCUT2D eigenvalue weighted by atomic mass is 9.86. The highest BCUT2D eigenvalue weighted by Crippen LogP contribution is 2.30. The number of hydrogen-bond donors (Lipinski definition) is 1. The molecule has 2 rings (SSSR count). The Morgan fingerprint density at radius 2 is 2.06 bits per heavy atom. The normalized spacial score (nSPS) is 19.7. The van der Waals surface area contributed by atoms with Gasteiger partial charge in [0.1, 0.15) is 5.82 Å². The van der Waals surface area contributed by atoms with Gasteiger partial charge in [0.15, 0.2) is 0 Å². The van der Waals surface area contributed by atoms with E-state index in [1.54, 1.807) is 12.1 Å². The number of nitrogens with two attached hydrogens (primary N) is 1. The largest absolute Gasteiger partial charge is 0.381 e. The second-order valence-electron chi connectivity index (χ2n) is 4.48. The zero-order valence-electron chi connectivity index (χ0n) is 9.58. The third kappa shape index (κ3) is 2.42. The minimum Gasteiger partial charge on any atom is -0.381 e. The predicted molar refractivity (Wildman–Crippen MR) is 61.6 cm³/mol. The zero-order valence-corrected chi connectivity index (χ0v) is 9.58. The van der Waals surface area contributed by atoms with Crippen molar-refractivity contribution in [2.75, 3.05) is 13.2 Å². The minimum atomic E-state index is -0.205. The number of halogens is 1. The number of aryl methyl sites for hydroxylation is 1. The Bertz CT molecular complexity index is 361. The first-order valence-electron chi connectivity index (χ1n) is 5.78. The van der Waals surface area contributed by atoms with Crippen LogP contribution < -0.4 is 5.73 Å². The van der Waals surface area contributed by atoms with Crippen molar-refractivity contribution < 1.29 is 9.13 Å². The molecule has 3 heteroatoms. The van der Waals surface area contributed by atoms with Gasteiger partial charge in [0.25, 0.3) is 0 Å². The molecule has 1 heterocycles. The molecule has 0 aromatic heterocycles. The smallest absolute Gasteiger partial charge is 0.123 e. The van der Waals surface area contributed by atoms with Gasteiger partial charge in [0.05, 0.1) is 0 Å². The predicted octanol–water partition coefficient (Wildman–Crippen LogP) is 2.56. The Kier molecular flexibility index (Phi) is 3.56. The van der Waals surface area contributed by atoms with Crippen LogP contribution in [0.5, 0.6) is 0 Å². The summed E-state index contributed by atoms with van der Waals surface area (Å²) < 4.78 is 18.5.